The van der Waals surface area contributed by atoms with Crippen LogP contribution in [0.5, 0.6) is 0 Å². The number of benzene rings is 2. The number of nitrogens with zero attached hydrogens (tertiary/aromatic N) is 1. The first kappa shape index (κ1) is 25.0. The van der Waals surface area contributed by atoms with Gasteiger partial charge in [0.2, 0.25) is 0 Å². The van der Waals surface area contributed by atoms with Crippen molar-refractivity contribution in [2.45, 2.75) is 71.2 Å². The second-order valence-electron chi connectivity index (χ2n) is 12.7. The molecular formula is C33H39Br2N. The van der Waals surface area contributed by atoms with E-state index in [9.17, 15) is 0 Å². The average Bonchev–Trinajstić information content (AvgIpc) is 3.45. The molecule has 2 aromatic rings. The van der Waals surface area contributed by atoms with Gasteiger partial charge in [-0.15, -0.1) is 0 Å². The molecule has 1 nitrogen and oxygen atoms in total. The molecule has 0 bridgehead atoms. The zero-order chi connectivity index (χ0) is 25.5. The molecule has 3 aliphatic carbocycles. The summed E-state index contributed by atoms with van der Waals surface area (Å²) in [5.41, 5.74) is 9.06. The van der Waals surface area contributed by atoms with Crippen LogP contribution >= 0.6 is 31.9 Å². The highest BCUT2D eigenvalue weighted by Crippen LogP contribution is 2.65. The van der Waals surface area contributed by atoms with Crippen LogP contribution < -0.4 is 4.90 Å². The minimum Gasteiger partial charge on any atom is -0.342 e. The number of alkyl halides is 1. The van der Waals surface area contributed by atoms with Gasteiger partial charge in [-0.2, -0.15) is 0 Å². The molecular weight excluding hydrogens is 570 g/mol. The zero-order valence-electron chi connectivity index (χ0n) is 22.4. The van der Waals surface area contributed by atoms with E-state index in [1.807, 2.05) is 0 Å². The maximum absolute atomic E-state index is 4.34. The van der Waals surface area contributed by atoms with E-state index in [-0.39, 0.29) is 5.41 Å². The molecule has 0 radical (unpaired) electrons. The maximum atomic E-state index is 4.34. The first-order chi connectivity index (χ1) is 17.1. The summed E-state index contributed by atoms with van der Waals surface area (Å²) in [6.07, 6.45) is 5.08. The molecule has 0 aromatic heterocycles. The van der Waals surface area contributed by atoms with Gasteiger partial charge in [-0.25, -0.2) is 0 Å². The molecule has 4 aliphatic rings. The Morgan fingerprint density at radius 1 is 0.917 bits per heavy atom. The maximum Gasteiger partial charge on any atom is 0.0418 e. The monoisotopic (exact) mass is 607 g/mol. The summed E-state index contributed by atoms with van der Waals surface area (Å²) in [5.74, 6) is 3.99. The molecule has 0 spiro atoms. The Bertz CT molecular complexity index is 1240. The van der Waals surface area contributed by atoms with Crippen LogP contribution in [0.2, 0.25) is 0 Å². The summed E-state index contributed by atoms with van der Waals surface area (Å²) in [6.45, 7) is 14.8. The molecule has 2 fully saturated rings. The van der Waals surface area contributed by atoms with E-state index in [1.165, 1.54) is 45.4 Å². The van der Waals surface area contributed by atoms with E-state index in [0.717, 1.165) is 17.8 Å². The fraction of sp³-hybridized carbons (Fsp3) is 0.515. The average molecular weight is 609 g/mol. The molecule has 8 atom stereocenters. The third-order valence-electron chi connectivity index (χ3n) is 10.6. The van der Waals surface area contributed by atoms with Crippen molar-refractivity contribution in [2.24, 2.45) is 35.0 Å². The Morgan fingerprint density at radius 2 is 1.64 bits per heavy atom. The minimum absolute atomic E-state index is 0.193. The van der Waals surface area contributed by atoms with E-state index in [0.29, 0.717) is 28.6 Å². The van der Waals surface area contributed by atoms with Crippen LogP contribution in [0.4, 0.5) is 5.69 Å². The Hall–Kier alpha value is -1.32. The number of halogens is 2. The molecule has 2 aromatic carbocycles. The van der Waals surface area contributed by atoms with Crippen LogP contribution in [0, 0.1) is 35.0 Å². The molecule has 36 heavy (non-hydrogen) atoms. The van der Waals surface area contributed by atoms with E-state index < -0.39 is 0 Å². The van der Waals surface area contributed by atoms with Crippen LogP contribution in [0.25, 0.3) is 6.08 Å². The lowest BCUT2D eigenvalue weighted by atomic mass is 9.58. The normalized spacial score (nSPS) is 35.6. The lowest BCUT2D eigenvalue weighted by Crippen LogP contribution is -2.49. The van der Waals surface area contributed by atoms with Crippen LogP contribution in [0.15, 0.2) is 69.8 Å². The highest BCUT2D eigenvalue weighted by atomic mass is 79.9. The molecule has 0 N–H and O–H groups in total. The molecule has 2 saturated carbocycles. The first-order valence-corrected chi connectivity index (χ1v) is 15.5. The molecule has 0 amide bonds. The third-order valence-corrected chi connectivity index (χ3v) is 12.5. The van der Waals surface area contributed by atoms with Crippen molar-refractivity contribution in [2.75, 3.05) is 4.90 Å². The fourth-order valence-corrected chi connectivity index (χ4v) is 11.3. The molecule has 1 heterocycles. The smallest absolute Gasteiger partial charge is 0.0418 e. The number of allylic oxidation sites excluding steroid dienone is 2. The summed E-state index contributed by atoms with van der Waals surface area (Å²) in [7, 11) is 0. The number of rotatable bonds is 3. The summed E-state index contributed by atoms with van der Waals surface area (Å²) >= 11 is 8.18. The van der Waals surface area contributed by atoms with Gasteiger partial charge in [0.15, 0.2) is 0 Å². The number of para-hydroxylation sites is 1. The van der Waals surface area contributed by atoms with Crippen molar-refractivity contribution < 1.29 is 0 Å². The predicted molar refractivity (Wildman–Crippen MR) is 160 cm³/mol. The van der Waals surface area contributed by atoms with Gasteiger partial charge >= 0.3 is 0 Å². The molecule has 6 rings (SSSR count). The Balaban J connectivity index is 1.38. The van der Waals surface area contributed by atoms with Gasteiger partial charge in [0.1, 0.15) is 0 Å². The van der Waals surface area contributed by atoms with E-state index >= 15 is 0 Å². The third kappa shape index (κ3) is 3.51. The predicted octanol–water partition coefficient (Wildman–Crippen LogP) is 9.83. The van der Waals surface area contributed by atoms with E-state index in [2.05, 4.69) is 133 Å². The summed E-state index contributed by atoms with van der Waals surface area (Å²) < 4.78 is 1.23. The van der Waals surface area contributed by atoms with E-state index in [4.69, 9.17) is 0 Å². The van der Waals surface area contributed by atoms with Crippen molar-refractivity contribution in [3.05, 3.63) is 81.0 Å². The van der Waals surface area contributed by atoms with Gasteiger partial charge in [-0.1, -0.05) is 94.6 Å². The van der Waals surface area contributed by atoms with Crippen molar-refractivity contribution >= 4 is 43.6 Å². The largest absolute Gasteiger partial charge is 0.342 e. The van der Waals surface area contributed by atoms with Crippen molar-refractivity contribution in [3.63, 3.8) is 0 Å². The van der Waals surface area contributed by atoms with Crippen molar-refractivity contribution in [3.8, 4) is 0 Å². The van der Waals surface area contributed by atoms with Crippen molar-refractivity contribution in [1.29, 1.82) is 0 Å². The second-order valence-corrected chi connectivity index (χ2v) is 14.6. The van der Waals surface area contributed by atoms with Gasteiger partial charge in [-0.05, 0) is 97.6 Å². The summed E-state index contributed by atoms with van der Waals surface area (Å²) in [6, 6.07) is 18.5. The topological polar surface area (TPSA) is 3.24 Å². The van der Waals surface area contributed by atoms with Crippen LogP contribution in [0.1, 0.15) is 71.4 Å². The van der Waals surface area contributed by atoms with Gasteiger partial charge < -0.3 is 4.90 Å². The zero-order valence-corrected chi connectivity index (χ0v) is 25.6. The van der Waals surface area contributed by atoms with Crippen molar-refractivity contribution in [1.82, 2.24) is 0 Å². The Kier molecular flexibility index (Phi) is 6.16. The lowest BCUT2D eigenvalue weighted by Gasteiger charge is -2.49. The van der Waals surface area contributed by atoms with Crippen LogP contribution in [0.3, 0.4) is 0 Å². The highest BCUT2D eigenvalue weighted by Gasteiger charge is 2.59. The SMILES string of the molecule is CC1=Cc2c(Br)cccc2C1C(C)(C)C1C(C)CC2C(Br)C3C(C)=C(C)N(c4ccccc4)C3CC21. The standard InChI is InChI=1S/C33H39Br2N/c1-18-15-24-23(13-10-14-27(24)34)30(18)33(5,6)31-19(2)16-26-25(31)17-28-29(32(26)35)20(3)21(4)36(28)22-11-8-7-9-12-22/h7-15,19,25-26,28-32H,16-17H2,1-6H3. The highest BCUT2D eigenvalue weighted by molar-refractivity contribution is 9.10. The van der Waals surface area contributed by atoms with Crippen LogP contribution in [-0.2, 0) is 0 Å². The van der Waals surface area contributed by atoms with Gasteiger partial charge in [0.25, 0.3) is 0 Å². The minimum atomic E-state index is 0.193. The summed E-state index contributed by atoms with van der Waals surface area (Å²) in [5, 5.41) is 0. The molecule has 190 valence electrons. The van der Waals surface area contributed by atoms with Crippen LogP contribution in [-0.4, -0.2) is 10.9 Å². The van der Waals surface area contributed by atoms with Gasteiger partial charge in [-0.3, -0.25) is 0 Å². The number of fused-ring (bicyclic) bond motifs is 3. The first-order valence-electron chi connectivity index (χ1n) is 13.7. The number of anilines is 1. The fourth-order valence-electron chi connectivity index (χ4n) is 9.46. The Morgan fingerprint density at radius 3 is 2.36 bits per heavy atom. The molecule has 3 heteroatoms. The Labute approximate surface area is 234 Å². The molecule has 8 unspecified atom stereocenters. The molecule has 1 aliphatic heterocycles. The molecule has 0 saturated heterocycles. The summed E-state index contributed by atoms with van der Waals surface area (Å²) in [4.78, 5) is 3.24. The lowest BCUT2D eigenvalue weighted by molar-refractivity contribution is 0.0712. The van der Waals surface area contributed by atoms with Gasteiger partial charge in [0.05, 0.1) is 0 Å². The second kappa shape index (κ2) is 8.87. The van der Waals surface area contributed by atoms with Gasteiger partial charge in [0, 0.05) is 38.6 Å². The van der Waals surface area contributed by atoms with E-state index in [1.54, 1.807) is 5.57 Å². The number of hydrogen-bond donors (Lipinski definition) is 0. The quantitative estimate of drug-likeness (QED) is 0.313. The number of hydrogen-bond acceptors (Lipinski definition) is 1.